The first kappa shape index (κ1) is 17.8. The molecule has 9 heteroatoms. The van der Waals surface area contributed by atoms with Crippen molar-refractivity contribution >= 4 is 17.7 Å². The van der Waals surface area contributed by atoms with E-state index in [4.69, 9.17) is 11.6 Å². The van der Waals surface area contributed by atoms with Gasteiger partial charge in [0.15, 0.2) is 0 Å². The lowest BCUT2D eigenvalue weighted by Crippen LogP contribution is -2.43. The Bertz CT molecular complexity index is 743. The van der Waals surface area contributed by atoms with Crippen molar-refractivity contribution in [2.45, 2.75) is 36.2 Å². The second kappa shape index (κ2) is 6.34. The molecule has 0 saturated heterocycles. The quantitative estimate of drug-likeness (QED) is 0.788. The van der Waals surface area contributed by atoms with Crippen LogP contribution in [-0.4, -0.2) is 36.7 Å². The fourth-order valence-electron chi connectivity index (χ4n) is 2.46. The number of halogens is 4. The van der Waals surface area contributed by atoms with Crippen LogP contribution in [0.2, 0.25) is 0 Å². The molecule has 1 heterocycles. The summed E-state index contributed by atoms with van der Waals surface area (Å²) in [6.07, 6.45) is 2.57. The minimum Gasteiger partial charge on any atom is -0.406 e. The Labute approximate surface area is 146 Å². The van der Waals surface area contributed by atoms with E-state index in [2.05, 4.69) is 14.8 Å². The van der Waals surface area contributed by atoms with Crippen molar-refractivity contribution in [3.8, 4) is 5.75 Å². The molecule has 1 unspecified atom stereocenters. The highest BCUT2D eigenvalue weighted by molar-refractivity contribution is 6.27. The van der Waals surface area contributed by atoms with Gasteiger partial charge in [-0.1, -0.05) is 18.2 Å². The summed E-state index contributed by atoms with van der Waals surface area (Å²) >= 11 is 6.42. The molecule has 1 N–H and O–H groups in total. The smallest absolute Gasteiger partial charge is 0.406 e. The van der Waals surface area contributed by atoms with Crippen LogP contribution in [-0.2, 0) is 6.54 Å². The minimum absolute atomic E-state index is 0.127. The van der Waals surface area contributed by atoms with E-state index >= 15 is 0 Å². The third-order valence-corrected chi connectivity index (χ3v) is 4.70. The molecule has 1 saturated carbocycles. The molecular weight excluding hydrogens is 359 g/mol. The second-order valence-electron chi connectivity index (χ2n) is 5.93. The zero-order valence-electron chi connectivity index (χ0n) is 12.9. The Morgan fingerprint density at radius 2 is 1.96 bits per heavy atom. The Kier molecular flexibility index (Phi) is 4.51. The number of rotatable bonds is 6. The molecule has 134 valence electrons. The lowest BCUT2D eigenvalue weighted by molar-refractivity contribution is -0.274. The Morgan fingerprint density at radius 1 is 1.28 bits per heavy atom. The van der Waals surface area contributed by atoms with Crippen molar-refractivity contribution in [3.63, 3.8) is 0 Å². The predicted molar refractivity (Wildman–Crippen MR) is 84.9 cm³/mol. The van der Waals surface area contributed by atoms with Gasteiger partial charge in [0.05, 0.1) is 11.4 Å². The van der Waals surface area contributed by atoms with Gasteiger partial charge in [-0.25, -0.2) is 9.67 Å². The average Bonchev–Trinajstić information content (AvgIpc) is 3.09. The van der Waals surface area contributed by atoms with Gasteiger partial charge in [0.2, 0.25) is 0 Å². The highest BCUT2D eigenvalue weighted by Crippen LogP contribution is 2.52. The molecule has 3 rings (SSSR count). The zero-order valence-corrected chi connectivity index (χ0v) is 13.7. The number of ether oxygens (including phenoxy) is 1. The Balaban J connectivity index is 1.75. The van der Waals surface area contributed by atoms with Gasteiger partial charge in [0.25, 0.3) is 0 Å². The number of aromatic nitrogens is 3. The molecule has 0 radical (unpaired) electrons. The van der Waals surface area contributed by atoms with E-state index in [0.29, 0.717) is 18.4 Å². The van der Waals surface area contributed by atoms with Crippen LogP contribution in [0.5, 0.6) is 5.75 Å². The molecule has 0 bridgehead atoms. The van der Waals surface area contributed by atoms with Crippen LogP contribution in [0, 0.1) is 0 Å². The van der Waals surface area contributed by atoms with E-state index in [-0.39, 0.29) is 12.3 Å². The highest BCUT2D eigenvalue weighted by atomic mass is 35.5. The van der Waals surface area contributed by atoms with E-state index in [1.165, 1.54) is 41.6 Å². The highest BCUT2D eigenvalue weighted by Gasteiger charge is 2.56. The summed E-state index contributed by atoms with van der Waals surface area (Å²) in [5.41, 5.74) is -0.754. The van der Waals surface area contributed by atoms with E-state index in [1.54, 1.807) is 12.2 Å². The molecule has 2 aromatic rings. The lowest BCUT2D eigenvalue weighted by atomic mass is 9.95. The molecule has 1 fully saturated rings. The van der Waals surface area contributed by atoms with E-state index in [0.717, 1.165) is 0 Å². The lowest BCUT2D eigenvalue weighted by Gasteiger charge is -2.29. The maximum atomic E-state index is 12.2. The SMILES string of the molecule is OC(/C=C/c1ccc(OC(F)(F)F)cc1)(Cn1cncn1)C1(Cl)CC1. The molecule has 1 aliphatic carbocycles. The van der Waals surface area contributed by atoms with E-state index in [9.17, 15) is 18.3 Å². The van der Waals surface area contributed by atoms with Gasteiger partial charge >= 0.3 is 6.36 Å². The average molecular weight is 374 g/mol. The number of nitrogens with zero attached hydrogens (tertiary/aromatic N) is 3. The second-order valence-corrected chi connectivity index (χ2v) is 6.66. The topological polar surface area (TPSA) is 60.2 Å². The van der Waals surface area contributed by atoms with Gasteiger partial charge in [-0.15, -0.1) is 24.8 Å². The number of alkyl halides is 4. The normalized spacial score (nSPS) is 18.9. The Hall–Kier alpha value is -2.06. The molecule has 0 spiro atoms. The third-order valence-electron chi connectivity index (χ3n) is 4.00. The predicted octanol–water partition coefficient (Wildman–Crippen LogP) is 3.39. The molecule has 1 atom stereocenters. The van der Waals surface area contributed by atoms with E-state index in [1.807, 2.05) is 0 Å². The molecule has 1 aromatic heterocycles. The van der Waals surface area contributed by atoms with Crippen LogP contribution in [0.25, 0.3) is 6.08 Å². The zero-order chi connectivity index (χ0) is 18.1. The van der Waals surface area contributed by atoms with Gasteiger partial charge in [-0.05, 0) is 36.6 Å². The van der Waals surface area contributed by atoms with Crippen molar-refractivity contribution in [1.82, 2.24) is 14.8 Å². The number of hydrogen-bond donors (Lipinski definition) is 1. The molecule has 0 aliphatic heterocycles. The van der Waals surface area contributed by atoms with E-state index < -0.39 is 16.8 Å². The van der Waals surface area contributed by atoms with Crippen molar-refractivity contribution in [2.75, 3.05) is 0 Å². The van der Waals surface area contributed by atoms with Gasteiger partial charge in [-0.2, -0.15) is 5.10 Å². The largest absolute Gasteiger partial charge is 0.573 e. The monoisotopic (exact) mass is 373 g/mol. The van der Waals surface area contributed by atoms with Crippen molar-refractivity contribution in [1.29, 1.82) is 0 Å². The van der Waals surface area contributed by atoms with Crippen LogP contribution in [0.1, 0.15) is 18.4 Å². The number of aliphatic hydroxyl groups is 1. The molecule has 1 aromatic carbocycles. The molecule has 5 nitrogen and oxygen atoms in total. The standard InChI is InChI=1S/C16H15ClF3N3O2/c17-14(7-8-14)15(24,9-23-11-21-10-22-23)6-5-12-1-3-13(4-2-12)25-16(18,19)20/h1-6,10-11,24H,7-9H2/b6-5+. The summed E-state index contributed by atoms with van der Waals surface area (Å²) in [6, 6.07) is 5.33. The van der Waals surface area contributed by atoms with Crippen LogP contribution >= 0.6 is 11.6 Å². The van der Waals surface area contributed by atoms with Crippen LogP contribution in [0.15, 0.2) is 43.0 Å². The van der Waals surface area contributed by atoms with Crippen LogP contribution in [0.3, 0.4) is 0 Å². The maximum absolute atomic E-state index is 12.2. The minimum atomic E-state index is -4.73. The summed E-state index contributed by atoms with van der Waals surface area (Å²) in [5.74, 6) is -0.307. The summed E-state index contributed by atoms with van der Waals surface area (Å²) in [4.78, 5) is 3.05. The fourth-order valence-corrected chi connectivity index (χ4v) is 2.68. The van der Waals surface area contributed by atoms with Crippen LogP contribution in [0.4, 0.5) is 13.2 Å². The molecule has 25 heavy (non-hydrogen) atoms. The third kappa shape index (κ3) is 4.32. The summed E-state index contributed by atoms with van der Waals surface area (Å²) in [6.45, 7) is 0.127. The fraction of sp³-hybridized carbons (Fsp3) is 0.375. The van der Waals surface area contributed by atoms with Crippen molar-refractivity contribution in [3.05, 3.63) is 48.6 Å². The van der Waals surface area contributed by atoms with Crippen molar-refractivity contribution in [2.24, 2.45) is 0 Å². The van der Waals surface area contributed by atoms with Gasteiger partial charge in [0.1, 0.15) is 24.0 Å². The van der Waals surface area contributed by atoms with Gasteiger partial charge in [0, 0.05) is 0 Å². The molecule has 0 amide bonds. The molecular formula is C16H15ClF3N3O2. The van der Waals surface area contributed by atoms with Crippen molar-refractivity contribution < 1.29 is 23.0 Å². The maximum Gasteiger partial charge on any atom is 0.573 e. The summed E-state index contributed by atoms with van der Waals surface area (Å²) < 4.78 is 41.8. The molecule has 1 aliphatic rings. The van der Waals surface area contributed by atoms with Gasteiger partial charge in [-0.3, -0.25) is 0 Å². The van der Waals surface area contributed by atoms with Crippen LogP contribution < -0.4 is 4.74 Å². The first-order chi connectivity index (χ1) is 11.7. The number of benzene rings is 1. The Morgan fingerprint density at radius 3 is 2.48 bits per heavy atom. The first-order valence-corrected chi connectivity index (χ1v) is 7.86. The first-order valence-electron chi connectivity index (χ1n) is 7.48. The number of hydrogen-bond acceptors (Lipinski definition) is 4. The summed E-state index contributed by atoms with van der Waals surface area (Å²) in [5, 5.41) is 14.9. The van der Waals surface area contributed by atoms with Gasteiger partial charge < -0.3 is 9.84 Å². The summed E-state index contributed by atoms with van der Waals surface area (Å²) in [7, 11) is 0.